The highest BCUT2D eigenvalue weighted by atomic mass is 16.6. The summed E-state index contributed by atoms with van der Waals surface area (Å²) in [5.41, 5.74) is -2.19. The van der Waals surface area contributed by atoms with Crippen LogP contribution in [0.3, 0.4) is 0 Å². The smallest absolute Gasteiger partial charge is 0.412 e. The van der Waals surface area contributed by atoms with Gasteiger partial charge in [0, 0.05) is 12.5 Å². The Morgan fingerprint density at radius 2 is 2.05 bits per heavy atom. The number of rotatable bonds is 4. The maximum absolute atomic E-state index is 11.9. The first-order chi connectivity index (χ1) is 8.89. The lowest BCUT2D eigenvalue weighted by atomic mass is 9.77. The molecule has 19 heavy (non-hydrogen) atoms. The summed E-state index contributed by atoms with van der Waals surface area (Å²) in [6.45, 7) is 1.75. The second-order valence-corrected chi connectivity index (χ2v) is 5.57. The van der Waals surface area contributed by atoms with E-state index < -0.39 is 23.4 Å². The van der Waals surface area contributed by atoms with Gasteiger partial charge in [-0.05, 0) is 45.4 Å². The molecule has 1 saturated heterocycles. The summed E-state index contributed by atoms with van der Waals surface area (Å²) >= 11 is 0. The number of aliphatic carboxylic acids is 1. The van der Waals surface area contributed by atoms with Crippen molar-refractivity contribution in [2.45, 2.75) is 63.2 Å². The van der Waals surface area contributed by atoms with Crippen LogP contribution in [0.2, 0.25) is 0 Å². The van der Waals surface area contributed by atoms with E-state index in [4.69, 9.17) is 4.74 Å². The number of carbonyl (C=O) groups excluding carboxylic acids is 2. The summed E-state index contributed by atoms with van der Waals surface area (Å²) < 4.78 is 5.45. The van der Waals surface area contributed by atoms with Crippen molar-refractivity contribution in [1.82, 2.24) is 4.90 Å². The van der Waals surface area contributed by atoms with Crippen LogP contribution in [0.5, 0.6) is 0 Å². The van der Waals surface area contributed by atoms with Gasteiger partial charge in [0.05, 0.1) is 0 Å². The molecule has 1 saturated carbocycles. The number of carboxylic acid groups (broad SMARTS) is 1. The van der Waals surface area contributed by atoms with Gasteiger partial charge in [0.1, 0.15) is 0 Å². The third kappa shape index (κ3) is 2.41. The Labute approximate surface area is 112 Å². The number of hydrogen-bond acceptors (Lipinski definition) is 5. The van der Waals surface area contributed by atoms with Crippen LogP contribution < -0.4 is 5.11 Å². The van der Waals surface area contributed by atoms with Crippen molar-refractivity contribution < 1.29 is 24.5 Å². The lowest BCUT2D eigenvalue weighted by Crippen LogP contribution is -2.57. The third-order valence-electron chi connectivity index (χ3n) is 4.32. The minimum absolute atomic E-state index is 0.132. The summed E-state index contributed by atoms with van der Waals surface area (Å²) in [6.07, 6.45) is 3.82. The highest BCUT2D eigenvalue weighted by Crippen LogP contribution is 2.46. The minimum Gasteiger partial charge on any atom is -0.550 e. The Kier molecular flexibility index (Phi) is 3.71. The molecular formula is C13H20NO5-. The highest BCUT2D eigenvalue weighted by Gasteiger charge is 2.61. The van der Waals surface area contributed by atoms with Crippen LogP contribution >= 0.6 is 0 Å². The molecule has 0 aromatic heterocycles. The fourth-order valence-electron chi connectivity index (χ4n) is 3.13. The molecule has 108 valence electrons. The molecule has 2 aliphatic rings. The Morgan fingerprint density at radius 1 is 1.42 bits per heavy atom. The minimum atomic E-state index is -1.36. The van der Waals surface area contributed by atoms with E-state index >= 15 is 0 Å². The van der Waals surface area contributed by atoms with Crippen molar-refractivity contribution in [3.8, 4) is 0 Å². The van der Waals surface area contributed by atoms with E-state index in [1.165, 1.54) is 4.90 Å². The number of carboxylic acids is 1. The molecule has 1 aliphatic carbocycles. The van der Waals surface area contributed by atoms with Crippen LogP contribution in [0.1, 0.15) is 51.9 Å². The Bertz CT molecular complexity index is 373. The van der Waals surface area contributed by atoms with E-state index in [2.05, 4.69) is 0 Å². The van der Waals surface area contributed by atoms with E-state index in [0.29, 0.717) is 12.8 Å². The quantitative estimate of drug-likeness (QED) is 0.797. The van der Waals surface area contributed by atoms with Gasteiger partial charge in [0.25, 0.3) is 0 Å². The van der Waals surface area contributed by atoms with Gasteiger partial charge in [-0.3, -0.25) is 4.90 Å². The number of aliphatic hydroxyl groups is 1. The van der Waals surface area contributed by atoms with E-state index in [-0.39, 0.29) is 19.4 Å². The van der Waals surface area contributed by atoms with Crippen molar-refractivity contribution in [2.24, 2.45) is 0 Å². The van der Waals surface area contributed by atoms with Crippen molar-refractivity contribution in [1.29, 1.82) is 0 Å². The largest absolute Gasteiger partial charge is 0.550 e. The van der Waals surface area contributed by atoms with Gasteiger partial charge in [0.2, 0.25) is 0 Å². The van der Waals surface area contributed by atoms with E-state index in [0.717, 1.165) is 19.3 Å². The zero-order chi connectivity index (χ0) is 14.1. The van der Waals surface area contributed by atoms with Crippen molar-refractivity contribution in [3.63, 3.8) is 0 Å². The number of carbonyl (C=O) groups is 2. The maximum Gasteiger partial charge on any atom is 0.412 e. The Balaban J connectivity index is 2.07. The second kappa shape index (κ2) is 5.00. The molecule has 0 unspecified atom stereocenters. The van der Waals surface area contributed by atoms with Crippen molar-refractivity contribution >= 4 is 12.1 Å². The zero-order valence-electron chi connectivity index (χ0n) is 11.2. The fourth-order valence-corrected chi connectivity index (χ4v) is 3.13. The molecule has 1 amide bonds. The van der Waals surface area contributed by atoms with E-state index in [1.54, 1.807) is 6.92 Å². The molecule has 2 rings (SSSR count). The second-order valence-electron chi connectivity index (χ2n) is 5.57. The topological polar surface area (TPSA) is 89.9 Å². The van der Waals surface area contributed by atoms with Gasteiger partial charge in [-0.25, -0.2) is 4.79 Å². The normalized spacial score (nSPS) is 29.6. The number of amides is 1. The first-order valence-electron chi connectivity index (χ1n) is 6.82. The molecule has 1 heterocycles. The van der Waals surface area contributed by atoms with Crippen LogP contribution in [0.4, 0.5) is 4.79 Å². The van der Waals surface area contributed by atoms with Gasteiger partial charge < -0.3 is 19.7 Å². The molecule has 1 spiro atoms. The molecule has 0 aromatic carbocycles. The van der Waals surface area contributed by atoms with Crippen molar-refractivity contribution in [2.75, 3.05) is 6.54 Å². The van der Waals surface area contributed by atoms with Crippen LogP contribution in [-0.2, 0) is 9.53 Å². The predicted octanol–water partition coefficient (Wildman–Crippen LogP) is 0.380. The predicted molar refractivity (Wildman–Crippen MR) is 63.9 cm³/mol. The Hall–Kier alpha value is -1.30. The first kappa shape index (κ1) is 14.1. The summed E-state index contributed by atoms with van der Waals surface area (Å²) in [7, 11) is 0. The fraction of sp³-hybridized carbons (Fsp3) is 0.846. The average molecular weight is 270 g/mol. The van der Waals surface area contributed by atoms with Crippen LogP contribution in [0.25, 0.3) is 0 Å². The number of nitrogens with zero attached hydrogens (tertiary/aromatic N) is 1. The van der Waals surface area contributed by atoms with Crippen LogP contribution in [0, 0.1) is 0 Å². The number of ether oxygens (including phenoxy) is 1. The van der Waals surface area contributed by atoms with Crippen LogP contribution in [0.15, 0.2) is 0 Å². The maximum atomic E-state index is 11.9. The van der Waals surface area contributed by atoms with Gasteiger partial charge in [-0.2, -0.15) is 0 Å². The molecule has 6 heteroatoms. The summed E-state index contributed by atoms with van der Waals surface area (Å²) in [5, 5.41) is 21.1. The van der Waals surface area contributed by atoms with Gasteiger partial charge in [-0.15, -0.1) is 0 Å². The van der Waals surface area contributed by atoms with Gasteiger partial charge in [0.15, 0.2) is 11.3 Å². The molecule has 1 N–H and O–H groups in total. The molecule has 0 bridgehead atoms. The van der Waals surface area contributed by atoms with Gasteiger partial charge >= 0.3 is 6.09 Å². The molecule has 2 fully saturated rings. The zero-order valence-corrected chi connectivity index (χ0v) is 11.2. The standard InChI is InChI=1S/C13H21NO5/c1-12(18)13(7-3-2-4-8-13)19-11(17)14(12)9-5-6-10(15)16/h18H,2-9H2,1H3,(H,15,16)/p-1/t12-/m0/s1. The van der Waals surface area contributed by atoms with E-state index in [1.807, 2.05) is 0 Å². The SMILES string of the molecule is C[C@@]1(O)N(CCCC(=O)[O-])C(=O)OC12CCCCC2. The number of hydrogen-bond donors (Lipinski definition) is 1. The monoisotopic (exact) mass is 270 g/mol. The molecule has 0 aromatic rings. The summed E-state index contributed by atoms with van der Waals surface area (Å²) in [6, 6.07) is 0. The Morgan fingerprint density at radius 3 is 2.63 bits per heavy atom. The summed E-state index contributed by atoms with van der Waals surface area (Å²) in [4.78, 5) is 23.6. The molecule has 6 nitrogen and oxygen atoms in total. The van der Waals surface area contributed by atoms with Gasteiger partial charge in [-0.1, -0.05) is 6.42 Å². The van der Waals surface area contributed by atoms with Crippen molar-refractivity contribution in [3.05, 3.63) is 0 Å². The van der Waals surface area contributed by atoms with Crippen LogP contribution in [-0.4, -0.2) is 39.9 Å². The molecule has 1 aliphatic heterocycles. The lowest BCUT2D eigenvalue weighted by Gasteiger charge is -2.42. The highest BCUT2D eigenvalue weighted by molar-refractivity contribution is 5.72. The molecule has 0 radical (unpaired) electrons. The lowest BCUT2D eigenvalue weighted by molar-refractivity contribution is -0.305. The molecular weight excluding hydrogens is 250 g/mol. The third-order valence-corrected chi connectivity index (χ3v) is 4.32. The first-order valence-corrected chi connectivity index (χ1v) is 6.82. The molecule has 1 atom stereocenters. The van der Waals surface area contributed by atoms with E-state index in [9.17, 15) is 19.8 Å². The summed E-state index contributed by atoms with van der Waals surface area (Å²) in [5.74, 6) is -1.15. The average Bonchev–Trinajstić information content (AvgIpc) is 2.50.